The van der Waals surface area contributed by atoms with Crippen molar-refractivity contribution in [3.05, 3.63) is 24.4 Å². The number of rotatable bonds is 5. The molecular weight excluding hydrogens is 180 g/mol. The number of hydrogen-bond acceptors (Lipinski definition) is 5. The zero-order chi connectivity index (χ0) is 10.2. The minimum absolute atomic E-state index is 0.542. The molecule has 5 heteroatoms. The number of methoxy groups -OCH3 is 1. The summed E-state index contributed by atoms with van der Waals surface area (Å²) in [5.41, 5.74) is 5.29. The highest BCUT2D eigenvalue weighted by Crippen LogP contribution is 2.06. The highest BCUT2D eigenvalue weighted by molar-refractivity contribution is 5.28. The van der Waals surface area contributed by atoms with E-state index in [-0.39, 0.29) is 0 Å². The van der Waals surface area contributed by atoms with Crippen LogP contribution in [-0.4, -0.2) is 30.2 Å². The molecule has 0 saturated heterocycles. The van der Waals surface area contributed by atoms with Crippen LogP contribution in [0.25, 0.3) is 0 Å². The molecule has 0 aliphatic heterocycles. The molecule has 0 aliphatic rings. The zero-order valence-corrected chi connectivity index (χ0v) is 8.10. The van der Waals surface area contributed by atoms with Crippen molar-refractivity contribution >= 4 is 5.95 Å². The van der Waals surface area contributed by atoms with Crippen molar-refractivity contribution in [2.24, 2.45) is 5.73 Å². The molecule has 0 unspecified atom stereocenters. The number of nitrogens with two attached hydrogens (primary N) is 1. The fraction of sp³-hybridized carbons (Fsp3) is 0.333. The lowest BCUT2D eigenvalue weighted by molar-refractivity contribution is 0.397. The van der Waals surface area contributed by atoms with E-state index in [1.807, 2.05) is 12.2 Å². The summed E-state index contributed by atoms with van der Waals surface area (Å²) < 4.78 is 4.95. The topological polar surface area (TPSA) is 73.1 Å². The summed E-state index contributed by atoms with van der Waals surface area (Å²) in [4.78, 5) is 8.10. The first-order valence-electron chi connectivity index (χ1n) is 4.33. The maximum atomic E-state index is 5.29. The number of nitrogens with zero attached hydrogens (tertiary/aromatic N) is 2. The molecule has 0 aliphatic carbocycles. The molecular formula is C9H14N4O. The van der Waals surface area contributed by atoms with Gasteiger partial charge in [-0.15, -0.1) is 0 Å². The number of ether oxygens (including phenoxy) is 1. The Morgan fingerprint density at radius 2 is 2.43 bits per heavy atom. The smallest absolute Gasteiger partial charge is 0.226 e. The van der Waals surface area contributed by atoms with Gasteiger partial charge in [0.25, 0.3) is 0 Å². The Kier molecular flexibility index (Phi) is 4.43. The van der Waals surface area contributed by atoms with Crippen LogP contribution in [0, 0.1) is 0 Å². The normalized spacial score (nSPS) is 10.4. The second-order valence-electron chi connectivity index (χ2n) is 2.51. The minimum atomic E-state index is 0.542. The third-order valence-electron chi connectivity index (χ3n) is 1.52. The molecule has 14 heavy (non-hydrogen) atoms. The standard InChI is InChI=1S/C9H14N4O/c1-14-8-4-7-12-9(13-8)11-6-3-2-5-10/h2-4,7H,5-6,10H2,1H3,(H,11,12,13)/b3-2+. The summed E-state index contributed by atoms with van der Waals surface area (Å²) in [7, 11) is 1.57. The predicted molar refractivity (Wildman–Crippen MR) is 55.3 cm³/mol. The van der Waals surface area contributed by atoms with Gasteiger partial charge in [-0.25, -0.2) is 4.98 Å². The van der Waals surface area contributed by atoms with Crippen molar-refractivity contribution < 1.29 is 4.74 Å². The third-order valence-corrected chi connectivity index (χ3v) is 1.52. The Balaban J connectivity index is 2.46. The van der Waals surface area contributed by atoms with Crippen LogP contribution >= 0.6 is 0 Å². The highest BCUT2D eigenvalue weighted by atomic mass is 16.5. The van der Waals surface area contributed by atoms with Gasteiger partial charge in [0.15, 0.2) is 0 Å². The molecule has 0 aromatic carbocycles. The highest BCUT2D eigenvalue weighted by Gasteiger charge is 1.95. The quantitative estimate of drug-likeness (QED) is 0.664. The van der Waals surface area contributed by atoms with E-state index >= 15 is 0 Å². The van der Waals surface area contributed by atoms with E-state index < -0.39 is 0 Å². The SMILES string of the molecule is COc1ccnc(NC/C=C/CN)n1. The van der Waals surface area contributed by atoms with Crippen LogP contribution in [0.3, 0.4) is 0 Å². The first kappa shape index (κ1) is 10.5. The Hall–Kier alpha value is -1.62. The summed E-state index contributed by atoms with van der Waals surface area (Å²) in [6.07, 6.45) is 5.43. The molecule has 3 N–H and O–H groups in total. The van der Waals surface area contributed by atoms with Crippen molar-refractivity contribution in [3.8, 4) is 5.88 Å². The van der Waals surface area contributed by atoms with Crippen molar-refractivity contribution in [2.45, 2.75) is 0 Å². The largest absolute Gasteiger partial charge is 0.481 e. The zero-order valence-electron chi connectivity index (χ0n) is 8.10. The summed E-state index contributed by atoms with van der Waals surface area (Å²) in [5, 5.41) is 3.01. The van der Waals surface area contributed by atoms with Gasteiger partial charge in [-0.2, -0.15) is 4.98 Å². The molecule has 0 amide bonds. The monoisotopic (exact) mass is 194 g/mol. The Labute approximate surface area is 83.0 Å². The van der Waals surface area contributed by atoms with Gasteiger partial charge in [0.1, 0.15) is 0 Å². The van der Waals surface area contributed by atoms with E-state index in [9.17, 15) is 0 Å². The van der Waals surface area contributed by atoms with Gasteiger partial charge >= 0.3 is 0 Å². The Bertz CT molecular complexity index is 301. The Morgan fingerprint density at radius 1 is 1.57 bits per heavy atom. The van der Waals surface area contributed by atoms with Crippen LogP contribution in [0.5, 0.6) is 5.88 Å². The maximum Gasteiger partial charge on any atom is 0.226 e. The molecule has 0 saturated carbocycles. The summed E-state index contributed by atoms with van der Waals surface area (Å²) in [6.45, 7) is 1.20. The van der Waals surface area contributed by atoms with Gasteiger partial charge in [-0.1, -0.05) is 12.2 Å². The van der Waals surface area contributed by atoms with Crippen molar-refractivity contribution in [1.29, 1.82) is 0 Å². The molecule has 76 valence electrons. The number of aromatic nitrogens is 2. The van der Waals surface area contributed by atoms with Gasteiger partial charge in [0, 0.05) is 25.4 Å². The van der Waals surface area contributed by atoms with Gasteiger partial charge in [-0.3, -0.25) is 0 Å². The van der Waals surface area contributed by atoms with Gasteiger partial charge in [-0.05, 0) is 0 Å². The van der Waals surface area contributed by atoms with E-state index in [2.05, 4.69) is 15.3 Å². The molecule has 1 rings (SSSR count). The molecule has 0 fully saturated rings. The second kappa shape index (κ2) is 5.93. The minimum Gasteiger partial charge on any atom is -0.481 e. The summed E-state index contributed by atoms with van der Waals surface area (Å²) >= 11 is 0. The lowest BCUT2D eigenvalue weighted by Crippen LogP contribution is -2.04. The average molecular weight is 194 g/mol. The lowest BCUT2D eigenvalue weighted by Gasteiger charge is -2.02. The van der Waals surface area contributed by atoms with Crippen LogP contribution in [0.15, 0.2) is 24.4 Å². The first-order valence-corrected chi connectivity index (χ1v) is 4.33. The van der Waals surface area contributed by atoms with E-state index in [1.165, 1.54) is 0 Å². The molecule has 0 spiro atoms. The molecule has 1 aromatic rings. The summed E-state index contributed by atoms with van der Waals surface area (Å²) in [5.74, 6) is 1.09. The first-order chi connectivity index (χ1) is 6.86. The maximum absolute atomic E-state index is 5.29. The third kappa shape index (κ3) is 3.40. The van der Waals surface area contributed by atoms with Crippen LogP contribution < -0.4 is 15.8 Å². The van der Waals surface area contributed by atoms with Crippen LogP contribution in [0.1, 0.15) is 0 Å². The molecule has 0 atom stereocenters. The van der Waals surface area contributed by atoms with Crippen molar-refractivity contribution in [2.75, 3.05) is 25.5 Å². The van der Waals surface area contributed by atoms with E-state index in [0.29, 0.717) is 24.9 Å². The van der Waals surface area contributed by atoms with Crippen LogP contribution in [-0.2, 0) is 0 Å². The van der Waals surface area contributed by atoms with Gasteiger partial charge < -0.3 is 15.8 Å². The molecule has 5 nitrogen and oxygen atoms in total. The predicted octanol–water partition coefficient (Wildman–Crippen LogP) is 0.412. The number of hydrogen-bond donors (Lipinski definition) is 2. The summed E-state index contributed by atoms with van der Waals surface area (Å²) in [6, 6.07) is 1.70. The Morgan fingerprint density at radius 3 is 3.14 bits per heavy atom. The van der Waals surface area contributed by atoms with Gasteiger partial charge in [0.2, 0.25) is 11.8 Å². The molecule has 1 heterocycles. The second-order valence-corrected chi connectivity index (χ2v) is 2.51. The molecule has 0 radical (unpaired) electrons. The van der Waals surface area contributed by atoms with Crippen molar-refractivity contribution in [1.82, 2.24) is 9.97 Å². The van der Waals surface area contributed by atoms with Gasteiger partial charge in [0.05, 0.1) is 7.11 Å². The van der Waals surface area contributed by atoms with Crippen LogP contribution in [0.2, 0.25) is 0 Å². The fourth-order valence-electron chi connectivity index (χ4n) is 0.871. The van der Waals surface area contributed by atoms with Crippen LogP contribution in [0.4, 0.5) is 5.95 Å². The number of anilines is 1. The molecule has 0 bridgehead atoms. The van der Waals surface area contributed by atoms with E-state index in [0.717, 1.165) is 0 Å². The van der Waals surface area contributed by atoms with E-state index in [4.69, 9.17) is 10.5 Å². The average Bonchev–Trinajstić information content (AvgIpc) is 2.25. The van der Waals surface area contributed by atoms with E-state index in [1.54, 1.807) is 19.4 Å². The number of nitrogens with one attached hydrogen (secondary N) is 1. The fourth-order valence-corrected chi connectivity index (χ4v) is 0.871. The molecule has 1 aromatic heterocycles. The lowest BCUT2D eigenvalue weighted by atomic mass is 10.5. The van der Waals surface area contributed by atoms with Crippen molar-refractivity contribution in [3.63, 3.8) is 0 Å².